The molecule has 15 nitrogen and oxygen atoms in total. The van der Waals surface area contributed by atoms with E-state index in [9.17, 15) is 32.8 Å². The number of rotatable bonds is 10. The SMILES string of the molecule is O=C1CCC(N2C(=O)c3ccc(N4CC5(CCN(C6CCN(c7ccc(C(=O)Nc8n[nH]c9ccc(Cc%10cc(F)cc(F)c%10)cc89)c(NC8CCOCC8)c7)CC6)C5)C4)cc3C2=O)C(=O)N1. The number of carbonyl (C=O) groups is 5. The zero-order valence-corrected chi connectivity index (χ0v) is 36.9. The van der Waals surface area contributed by atoms with E-state index in [0.717, 1.165) is 110 Å². The summed E-state index contributed by atoms with van der Waals surface area (Å²) in [7, 11) is 0. The van der Waals surface area contributed by atoms with Gasteiger partial charge in [-0.1, -0.05) is 6.07 Å². The number of likely N-dealkylation sites (tertiary alicyclic amines) is 1. The largest absolute Gasteiger partial charge is 0.381 e. The number of fused-ring (bicyclic) bond motifs is 2. The number of hydrogen-bond donors (Lipinski definition) is 4. The van der Waals surface area contributed by atoms with Crippen molar-refractivity contribution in [3.63, 3.8) is 0 Å². The molecule has 67 heavy (non-hydrogen) atoms. The van der Waals surface area contributed by atoms with Crippen LogP contribution in [0, 0.1) is 17.0 Å². The van der Waals surface area contributed by atoms with Crippen molar-refractivity contribution >= 4 is 63.3 Å². The standard InChI is InChI=1S/C50H51F2N9O6/c51-31-20-30(21-32(52)23-31)19-29-1-6-41-40(22-29)45(57-56-41)55-46(63)38-5-3-36(25-42(38)53-33-11-17-67-18-12-33)58-14-9-34(10-15-58)59-16-13-50(26-59)27-60(28-50)35-2-4-37-39(24-35)49(66)61(48(37)65)43-7-8-44(62)54-47(43)64/h1-6,20-25,33-34,43,53H,7-19,26-28H2,(H,54,62,64)(H2,55,56,57,63). The predicted molar refractivity (Wildman–Crippen MR) is 246 cm³/mol. The topological polar surface area (TPSA) is 172 Å². The molecule has 0 bridgehead atoms. The van der Waals surface area contributed by atoms with Gasteiger partial charge in [-0.05, 0) is 123 Å². The summed E-state index contributed by atoms with van der Waals surface area (Å²) in [6.07, 6.45) is 5.28. The van der Waals surface area contributed by atoms with Gasteiger partial charge < -0.3 is 25.2 Å². The Morgan fingerprint density at radius 3 is 2.30 bits per heavy atom. The molecule has 5 amide bonds. The van der Waals surface area contributed by atoms with Crippen LogP contribution in [0.3, 0.4) is 0 Å². The molecule has 1 aromatic heterocycles. The average molecular weight is 912 g/mol. The van der Waals surface area contributed by atoms with Crippen LogP contribution in [0.25, 0.3) is 10.9 Å². The smallest absolute Gasteiger partial charge is 0.262 e. The summed E-state index contributed by atoms with van der Waals surface area (Å²) < 4.78 is 33.5. The Balaban J connectivity index is 0.724. The van der Waals surface area contributed by atoms with Gasteiger partial charge in [0, 0.05) is 98.4 Å². The second kappa shape index (κ2) is 17.2. The zero-order chi connectivity index (χ0) is 46.0. The summed E-state index contributed by atoms with van der Waals surface area (Å²) in [5.41, 5.74) is 5.98. The van der Waals surface area contributed by atoms with Crippen LogP contribution in [0.2, 0.25) is 0 Å². The van der Waals surface area contributed by atoms with Crippen LogP contribution >= 0.6 is 0 Å². The highest BCUT2D eigenvalue weighted by Gasteiger charge is 2.50. The monoisotopic (exact) mass is 911 g/mol. The Kier molecular flexibility index (Phi) is 11.0. The first-order valence-electron chi connectivity index (χ1n) is 23.3. The lowest BCUT2D eigenvalue weighted by Crippen LogP contribution is -2.58. The summed E-state index contributed by atoms with van der Waals surface area (Å²) in [5, 5.41) is 17.0. The van der Waals surface area contributed by atoms with Gasteiger partial charge in [0.1, 0.15) is 17.7 Å². The predicted octanol–water partition coefficient (Wildman–Crippen LogP) is 5.86. The van der Waals surface area contributed by atoms with E-state index in [1.807, 2.05) is 36.4 Å². The van der Waals surface area contributed by atoms with Crippen LogP contribution in [0.5, 0.6) is 0 Å². The van der Waals surface area contributed by atoms with Gasteiger partial charge in [-0.15, -0.1) is 0 Å². The molecule has 6 aliphatic heterocycles. The van der Waals surface area contributed by atoms with E-state index in [-0.39, 0.29) is 35.8 Å². The van der Waals surface area contributed by atoms with Crippen molar-refractivity contribution in [2.24, 2.45) is 5.41 Å². The van der Waals surface area contributed by atoms with E-state index in [2.05, 4.69) is 46.9 Å². The number of aromatic amines is 1. The number of amides is 5. The first kappa shape index (κ1) is 42.9. The molecule has 11 rings (SSSR count). The quantitative estimate of drug-likeness (QED) is 0.124. The summed E-state index contributed by atoms with van der Waals surface area (Å²) in [6, 6.07) is 20.0. The third-order valence-corrected chi connectivity index (χ3v) is 14.7. The number of anilines is 4. The number of halogens is 2. The highest BCUT2D eigenvalue weighted by molar-refractivity contribution is 6.23. The van der Waals surface area contributed by atoms with Gasteiger partial charge >= 0.3 is 0 Å². The molecule has 1 spiro atoms. The van der Waals surface area contributed by atoms with Crippen LogP contribution < -0.4 is 25.8 Å². The zero-order valence-electron chi connectivity index (χ0n) is 36.9. The Bertz CT molecular complexity index is 2810. The van der Waals surface area contributed by atoms with Gasteiger partial charge in [0.05, 0.1) is 22.2 Å². The fraction of sp³-hybridized carbons (Fsp3) is 0.400. The minimum Gasteiger partial charge on any atom is -0.381 e. The molecule has 1 atom stereocenters. The molecule has 0 saturated carbocycles. The molecule has 7 heterocycles. The Morgan fingerprint density at radius 1 is 0.776 bits per heavy atom. The van der Waals surface area contributed by atoms with Gasteiger partial charge in [-0.25, -0.2) is 8.78 Å². The van der Waals surface area contributed by atoms with Crippen LogP contribution in [0.4, 0.5) is 31.7 Å². The maximum absolute atomic E-state index is 14.1. The van der Waals surface area contributed by atoms with Gasteiger partial charge in [0.25, 0.3) is 17.7 Å². The lowest BCUT2D eigenvalue weighted by Gasteiger charge is -2.50. The summed E-state index contributed by atoms with van der Waals surface area (Å²) in [5.74, 6) is -3.20. The third kappa shape index (κ3) is 8.28. The number of carbonyl (C=O) groups excluding carboxylic acids is 5. The Hall–Kier alpha value is -6.72. The maximum atomic E-state index is 14.1. The van der Waals surface area contributed by atoms with Crippen LogP contribution in [-0.4, -0.2) is 120 Å². The van der Waals surface area contributed by atoms with E-state index in [0.29, 0.717) is 53.6 Å². The highest BCUT2D eigenvalue weighted by atomic mass is 19.1. The van der Waals surface area contributed by atoms with Gasteiger partial charge in [-0.2, -0.15) is 5.10 Å². The molecule has 0 aliphatic carbocycles. The van der Waals surface area contributed by atoms with Crippen molar-refractivity contribution in [2.45, 2.75) is 69.5 Å². The summed E-state index contributed by atoms with van der Waals surface area (Å²) >= 11 is 0. The van der Waals surface area contributed by atoms with Crippen molar-refractivity contribution in [1.29, 1.82) is 0 Å². The molecule has 17 heteroatoms. The second-order valence-electron chi connectivity index (χ2n) is 19.1. The molecule has 6 aliphatic rings. The number of imide groups is 2. The molecular weight excluding hydrogens is 861 g/mol. The second-order valence-corrected chi connectivity index (χ2v) is 19.1. The number of aromatic nitrogens is 2. The normalized spacial score (nSPS) is 21.3. The van der Waals surface area contributed by atoms with E-state index < -0.39 is 41.3 Å². The van der Waals surface area contributed by atoms with E-state index in [4.69, 9.17) is 4.74 Å². The fourth-order valence-electron chi connectivity index (χ4n) is 11.1. The van der Waals surface area contributed by atoms with E-state index >= 15 is 0 Å². The van der Waals surface area contributed by atoms with Crippen LogP contribution in [0.1, 0.15) is 87.1 Å². The van der Waals surface area contributed by atoms with Crippen molar-refractivity contribution < 1.29 is 37.5 Å². The molecular formula is C50H51F2N9O6. The van der Waals surface area contributed by atoms with Gasteiger partial charge in [0.2, 0.25) is 11.8 Å². The number of hydrogen-bond acceptors (Lipinski definition) is 11. The van der Waals surface area contributed by atoms with E-state index in [1.165, 1.54) is 12.1 Å². The number of piperidine rings is 2. The minimum atomic E-state index is -0.988. The molecule has 5 fully saturated rings. The molecule has 4 N–H and O–H groups in total. The third-order valence-electron chi connectivity index (χ3n) is 14.7. The number of benzene rings is 4. The lowest BCUT2D eigenvalue weighted by atomic mass is 9.78. The Morgan fingerprint density at radius 2 is 1.52 bits per heavy atom. The van der Waals surface area contributed by atoms with Crippen LogP contribution in [-0.2, 0) is 20.7 Å². The van der Waals surface area contributed by atoms with Crippen molar-refractivity contribution in [2.75, 3.05) is 72.9 Å². The number of ether oxygens (including phenoxy) is 1. The number of nitrogens with one attached hydrogen (secondary N) is 4. The molecule has 346 valence electrons. The van der Waals surface area contributed by atoms with Gasteiger partial charge in [-0.3, -0.25) is 44.2 Å². The first-order chi connectivity index (χ1) is 32.5. The average Bonchev–Trinajstić information content (AvgIpc) is 4.00. The van der Waals surface area contributed by atoms with Crippen molar-refractivity contribution in [1.82, 2.24) is 25.3 Å². The molecule has 4 aromatic carbocycles. The first-order valence-corrected chi connectivity index (χ1v) is 23.3. The summed E-state index contributed by atoms with van der Waals surface area (Å²) in [6.45, 7) is 6.81. The van der Waals surface area contributed by atoms with Crippen LogP contribution in [0.15, 0.2) is 72.8 Å². The molecule has 5 saturated heterocycles. The van der Waals surface area contributed by atoms with Gasteiger partial charge in [0.15, 0.2) is 5.82 Å². The summed E-state index contributed by atoms with van der Waals surface area (Å²) in [4.78, 5) is 73.3. The molecule has 5 aromatic rings. The number of H-pyrrole nitrogens is 1. The lowest BCUT2D eigenvalue weighted by molar-refractivity contribution is -0.136. The van der Waals surface area contributed by atoms with E-state index in [1.54, 1.807) is 12.1 Å². The fourth-order valence-corrected chi connectivity index (χ4v) is 11.1. The maximum Gasteiger partial charge on any atom is 0.262 e. The molecule has 1 unspecified atom stereocenters. The minimum absolute atomic E-state index is 0.0811. The van der Waals surface area contributed by atoms with Crippen molar-refractivity contribution in [3.05, 3.63) is 112 Å². The number of nitrogens with zero attached hydrogens (tertiary/aromatic N) is 5. The highest BCUT2D eigenvalue weighted by Crippen LogP contribution is 2.44. The van der Waals surface area contributed by atoms with Crippen molar-refractivity contribution in [3.8, 4) is 0 Å². The Labute approximate surface area is 385 Å². The molecule has 0 radical (unpaired) electrons.